The highest BCUT2D eigenvalue weighted by molar-refractivity contribution is 5.96. The van der Waals surface area contributed by atoms with Gasteiger partial charge in [0.2, 0.25) is 0 Å². The Hall–Kier alpha value is -5.99. The highest BCUT2D eigenvalue weighted by Gasteiger charge is 2.45. The lowest BCUT2D eigenvalue weighted by atomic mass is 9.67. The van der Waals surface area contributed by atoms with Crippen molar-refractivity contribution in [1.29, 1.82) is 0 Å². The Morgan fingerprint density at radius 1 is 0.413 bits per heavy atom. The van der Waals surface area contributed by atoms with Gasteiger partial charge in [0.05, 0.1) is 16.4 Å². The van der Waals surface area contributed by atoms with Gasteiger partial charge in [-0.25, -0.2) is 4.98 Å². The molecule has 0 radical (unpaired) electrons. The monoisotopic (exact) mass is 586 g/mol. The fourth-order valence-electron chi connectivity index (χ4n) is 7.60. The molecule has 46 heavy (non-hydrogen) atoms. The number of aromatic nitrogens is 2. The molecule has 8 aromatic rings. The molecule has 0 atom stereocenters. The standard InChI is InChI=1S/C44H30N2/c1-4-16-31(17-5-1)43-45-41-29-15-26-36(42(41)46(43)35-22-8-3-9-23-35)32-18-14-21-34(30-32)44(33-19-6-2-7-20-33)39-27-12-10-24-37(39)38-25-11-13-28-40(38)44/h1-30H. The predicted molar refractivity (Wildman–Crippen MR) is 189 cm³/mol. The summed E-state index contributed by atoms with van der Waals surface area (Å²) in [6.07, 6.45) is 0. The van der Waals surface area contributed by atoms with Crippen molar-refractivity contribution < 1.29 is 0 Å². The van der Waals surface area contributed by atoms with Gasteiger partial charge in [-0.05, 0) is 63.2 Å². The van der Waals surface area contributed by atoms with E-state index in [2.05, 4.69) is 187 Å². The molecular weight excluding hydrogens is 556 g/mol. The van der Waals surface area contributed by atoms with E-state index < -0.39 is 5.41 Å². The molecular formula is C44H30N2. The summed E-state index contributed by atoms with van der Waals surface area (Å²) in [6.45, 7) is 0. The summed E-state index contributed by atoms with van der Waals surface area (Å²) in [5.41, 5.74) is 13.9. The summed E-state index contributed by atoms with van der Waals surface area (Å²) in [4.78, 5) is 5.23. The van der Waals surface area contributed by atoms with E-state index >= 15 is 0 Å². The summed E-state index contributed by atoms with van der Waals surface area (Å²) >= 11 is 0. The molecule has 1 aliphatic rings. The van der Waals surface area contributed by atoms with Crippen molar-refractivity contribution >= 4 is 11.0 Å². The average molecular weight is 587 g/mol. The molecule has 0 bridgehead atoms. The van der Waals surface area contributed by atoms with E-state index in [1.54, 1.807) is 0 Å². The first-order valence-electron chi connectivity index (χ1n) is 15.8. The quantitative estimate of drug-likeness (QED) is 0.196. The van der Waals surface area contributed by atoms with Crippen molar-refractivity contribution in [3.8, 4) is 39.3 Å². The number of hydrogen-bond acceptors (Lipinski definition) is 1. The summed E-state index contributed by atoms with van der Waals surface area (Å²) < 4.78 is 2.32. The molecule has 1 aromatic heterocycles. The number of fused-ring (bicyclic) bond motifs is 4. The van der Waals surface area contributed by atoms with Crippen LogP contribution in [0, 0.1) is 0 Å². The largest absolute Gasteiger partial charge is 0.292 e. The minimum atomic E-state index is -0.451. The maximum absolute atomic E-state index is 5.23. The fourth-order valence-corrected chi connectivity index (χ4v) is 7.60. The van der Waals surface area contributed by atoms with Crippen molar-refractivity contribution in [1.82, 2.24) is 9.55 Å². The first-order valence-corrected chi connectivity index (χ1v) is 15.8. The zero-order valence-corrected chi connectivity index (χ0v) is 25.2. The van der Waals surface area contributed by atoms with Crippen LogP contribution in [0.5, 0.6) is 0 Å². The molecule has 0 N–H and O–H groups in total. The maximum atomic E-state index is 5.23. The highest BCUT2D eigenvalue weighted by Crippen LogP contribution is 2.56. The molecule has 0 spiro atoms. The number of para-hydroxylation sites is 2. The van der Waals surface area contributed by atoms with E-state index in [4.69, 9.17) is 4.98 Å². The second-order valence-corrected chi connectivity index (χ2v) is 11.9. The second kappa shape index (κ2) is 10.6. The molecule has 0 aliphatic heterocycles. The van der Waals surface area contributed by atoms with Crippen molar-refractivity contribution in [2.45, 2.75) is 5.41 Å². The topological polar surface area (TPSA) is 17.8 Å². The molecule has 9 rings (SSSR count). The van der Waals surface area contributed by atoms with Crippen molar-refractivity contribution in [3.63, 3.8) is 0 Å². The SMILES string of the molecule is c1ccc(-c2nc3cccc(-c4cccc(C5(c6ccccc6)c6ccccc6-c6ccccc65)c4)c3n2-c2ccccc2)cc1. The number of rotatable bonds is 5. The maximum Gasteiger partial charge on any atom is 0.145 e. The Balaban J connectivity index is 1.34. The van der Waals surface area contributed by atoms with Gasteiger partial charge in [0.25, 0.3) is 0 Å². The summed E-state index contributed by atoms with van der Waals surface area (Å²) in [5, 5.41) is 0. The van der Waals surface area contributed by atoms with Crippen LogP contribution in [0.3, 0.4) is 0 Å². The molecule has 0 saturated carbocycles. The van der Waals surface area contributed by atoms with Crippen LogP contribution in [0.1, 0.15) is 22.3 Å². The zero-order valence-electron chi connectivity index (χ0n) is 25.2. The van der Waals surface area contributed by atoms with E-state index in [1.807, 2.05) is 0 Å². The number of hydrogen-bond donors (Lipinski definition) is 0. The zero-order chi connectivity index (χ0) is 30.5. The third kappa shape index (κ3) is 3.87. The molecule has 216 valence electrons. The molecule has 7 aromatic carbocycles. The summed E-state index contributed by atoms with van der Waals surface area (Å²) in [5.74, 6) is 0.935. The third-order valence-electron chi connectivity index (χ3n) is 9.49. The fraction of sp³-hybridized carbons (Fsp3) is 0.0227. The van der Waals surface area contributed by atoms with Gasteiger partial charge in [-0.1, -0.05) is 158 Å². The number of imidazole rings is 1. The van der Waals surface area contributed by atoms with Crippen LogP contribution >= 0.6 is 0 Å². The van der Waals surface area contributed by atoms with Gasteiger partial charge < -0.3 is 0 Å². The number of nitrogens with zero attached hydrogens (tertiary/aromatic N) is 2. The predicted octanol–water partition coefficient (Wildman–Crippen LogP) is 10.7. The Labute approximate surface area is 268 Å². The van der Waals surface area contributed by atoms with Gasteiger partial charge in [-0.2, -0.15) is 0 Å². The summed E-state index contributed by atoms with van der Waals surface area (Å²) in [6, 6.07) is 65.6. The van der Waals surface area contributed by atoms with Crippen LogP contribution in [-0.4, -0.2) is 9.55 Å². The first-order chi connectivity index (χ1) is 22.8. The molecule has 2 heteroatoms. The molecule has 2 nitrogen and oxygen atoms in total. The lowest BCUT2D eigenvalue weighted by Gasteiger charge is -2.34. The van der Waals surface area contributed by atoms with Gasteiger partial charge in [-0.15, -0.1) is 0 Å². The van der Waals surface area contributed by atoms with Gasteiger partial charge >= 0.3 is 0 Å². The van der Waals surface area contributed by atoms with E-state index in [0.29, 0.717) is 0 Å². The Kier molecular flexibility index (Phi) is 6.07. The van der Waals surface area contributed by atoms with E-state index in [9.17, 15) is 0 Å². The third-order valence-corrected chi connectivity index (χ3v) is 9.49. The lowest BCUT2D eigenvalue weighted by Crippen LogP contribution is -2.28. The van der Waals surface area contributed by atoms with E-state index in [-0.39, 0.29) is 0 Å². The van der Waals surface area contributed by atoms with Gasteiger partial charge in [0.15, 0.2) is 0 Å². The lowest BCUT2D eigenvalue weighted by molar-refractivity contribution is 0.769. The van der Waals surface area contributed by atoms with E-state index in [0.717, 1.165) is 39.2 Å². The molecule has 1 aliphatic carbocycles. The molecule has 0 saturated heterocycles. The van der Waals surface area contributed by atoms with Gasteiger partial charge in [-0.3, -0.25) is 4.57 Å². The van der Waals surface area contributed by atoms with Crippen molar-refractivity contribution in [2.75, 3.05) is 0 Å². The van der Waals surface area contributed by atoms with Crippen LogP contribution in [0.25, 0.3) is 50.4 Å². The molecule has 0 unspecified atom stereocenters. The Bertz CT molecular complexity index is 2310. The van der Waals surface area contributed by atoms with Crippen LogP contribution in [-0.2, 0) is 5.41 Å². The minimum absolute atomic E-state index is 0.451. The van der Waals surface area contributed by atoms with E-state index in [1.165, 1.54) is 33.4 Å². The van der Waals surface area contributed by atoms with Crippen LogP contribution in [0.2, 0.25) is 0 Å². The van der Waals surface area contributed by atoms with Gasteiger partial charge in [0, 0.05) is 16.8 Å². The van der Waals surface area contributed by atoms with Crippen molar-refractivity contribution in [3.05, 3.63) is 204 Å². The normalized spacial score (nSPS) is 13.0. The van der Waals surface area contributed by atoms with Crippen LogP contribution in [0.15, 0.2) is 182 Å². The van der Waals surface area contributed by atoms with Crippen LogP contribution in [0.4, 0.5) is 0 Å². The molecule has 0 amide bonds. The molecule has 1 heterocycles. The van der Waals surface area contributed by atoms with Gasteiger partial charge in [0.1, 0.15) is 5.82 Å². The Morgan fingerprint density at radius 3 is 1.63 bits per heavy atom. The average Bonchev–Trinajstić information content (AvgIpc) is 3.68. The molecule has 0 fully saturated rings. The van der Waals surface area contributed by atoms with Crippen LogP contribution < -0.4 is 0 Å². The summed E-state index contributed by atoms with van der Waals surface area (Å²) in [7, 11) is 0. The first kappa shape index (κ1) is 26.4. The van der Waals surface area contributed by atoms with Crippen molar-refractivity contribution in [2.24, 2.45) is 0 Å². The minimum Gasteiger partial charge on any atom is -0.292 e. The highest BCUT2D eigenvalue weighted by atomic mass is 15.1. The number of benzene rings is 7. The second-order valence-electron chi connectivity index (χ2n) is 11.9. The Morgan fingerprint density at radius 2 is 0.935 bits per heavy atom. The smallest absolute Gasteiger partial charge is 0.145 e.